The summed E-state index contributed by atoms with van der Waals surface area (Å²) in [5.41, 5.74) is 12.6. The molecule has 1 aliphatic rings. The van der Waals surface area contributed by atoms with Crippen LogP contribution < -0.4 is 11.5 Å². The molecule has 0 radical (unpaired) electrons. The lowest BCUT2D eigenvalue weighted by atomic mass is 10.0. The highest BCUT2D eigenvalue weighted by Gasteiger charge is 2.42. The van der Waals surface area contributed by atoms with Gasteiger partial charge in [0.1, 0.15) is 0 Å². The van der Waals surface area contributed by atoms with Crippen molar-refractivity contribution in [3.8, 4) is 0 Å². The number of aromatic nitrogens is 2. The number of carbonyl (C=O) groups excluding carboxylic acids is 1. The SMILES string of the molecule is NCC(C(N)=O)c1cc(C2C[C@@H]2c2ccc(F)c(F)c2)c(Cl)nn1. The molecule has 0 bridgehead atoms. The molecule has 0 aliphatic heterocycles. The average Bonchev–Trinajstić information content (AvgIpc) is 3.32. The number of hydrogen-bond donors (Lipinski definition) is 2. The van der Waals surface area contributed by atoms with Crippen LogP contribution in [0.3, 0.4) is 0 Å². The second kappa shape index (κ2) is 6.41. The zero-order valence-electron chi connectivity index (χ0n) is 12.5. The van der Waals surface area contributed by atoms with E-state index >= 15 is 0 Å². The molecule has 0 spiro atoms. The van der Waals surface area contributed by atoms with Gasteiger partial charge in [-0.3, -0.25) is 4.79 Å². The topological polar surface area (TPSA) is 94.9 Å². The molecule has 1 heterocycles. The third-order valence-corrected chi connectivity index (χ3v) is 4.59. The van der Waals surface area contributed by atoms with Crippen LogP contribution in [0.5, 0.6) is 0 Å². The highest BCUT2D eigenvalue weighted by molar-refractivity contribution is 6.30. The first kappa shape index (κ1) is 16.7. The Bertz CT molecular complexity index is 802. The summed E-state index contributed by atoms with van der Waals surface area (Å²) in [6.45, 7) is 0.0162. The zero-order valence-corrected chi connectivity index (χ0v) is 13.3. The summed E-state index contributed by atoms with van der Waals surface area (Å²) in [6.07, 6.45) is 0.722. The molecule has 1 fully saturated rings. The van der Waals surface area contributed by atoms with Gasteiger partial charge in [-0.1, -0.05) is 17.7 Å². The Balaban J connectivity index is 1.88. The van der Waals surface area contributed by atoms with E-state index in [0.29, 0.717) is 16.8 Å². The predicted octanol–water partition coefficient (Wildman–Crippen LogP) is 2.21. The van der Waals surface area contributed by atoms with E-state index in [4.69, 9.17) is 23.1 Å². The Labute approximate surface area is 142 Å². The summed E-state index contributed by atoms with van der Waals surface area (Å²) in [7, 11) is 0. The molecule has 24 heavy (non-hydrogen) atoms. The molecule has 3 atom stereocenters. The van der Waals surface area contributed by atoms with Crippen molar-refractivity contribution in [2.75, 3.05) is 6.54 Å². The third kappa shape index (κ3) is 3.09. The highest BCUT2D eigenvalue weighted by atomic mass is 35.5. The van der Waals surface area contributed by atoms with Gasteiger partial charge in [-0.25, -0.2) is 8.78 Å². The number of hydrogen-bond acceptors (Lipinski definition) is 4. The van der Waals surface area contributed by atoms with Crippen molar-refractivity contribution in [2.45, 2.75) is 24.2 Å². The fourth-order valence-corrected chi connectivity index (χ4v) is 3.10. The molecular weight excluding hydrogens is 338 g/mol. The van der Waals surface area contributed by atoms with Crippen LogP contribution in [0.1, 0.15) is 41.0 Å². The van der Waals surface area contributed by atoms with Gasteiger partial charge in [-0.05, 0) is 47.6 Å². The predicted molar refractivity (Wildman–Crippen MR) is 84.5 cm³/mol. The van der Waals surface area contributed by atoms with E-state index in [1.54, 1.807) is 12.1 Å². The van der Waals surface area contributed by atoms with Gasteiger partial charge in [-0.2, -0.15) is 5.10 Å². The molecule has 1 aromatic heterocycles. The van der Waals surface area contributed by atoms with Crippen LogP contribution in [0.25, 0.3) is 0 Å². The molecule has 5 nitrogen and oxygen atoms in total. The molecular formula is C16H15ClF2N4O. The summed E-state index contributed by atoms with van der Waals surface area (Å²) >= 11 is 6.11. The van der Waals surface area contributed by atoms with Crippen molar-refractivity contribution in [3.63, 3.8) is 0 Å². The summed E-state index contributed by atoms with van der Waals surface area (Å²) in [6, 6.07) is 5.52. The van der Waals surface area contributed by atoms with Gasteiger partial charge < -0.3 is 11.5 Å². The smallest absolute Gasteiger partial charge is 0.227 e. The Kier molecular flexibility index (Phi) is 4.47. The van der Waals surface area contributed by atoms with Crippen molar-refractivity contribution in [3.05, 3.63) is 57.9 Å². The molecule has 1 amide bonds. The number of nitrogens with two attached hydrogens (primary N) is 2. The molecule has 1 saturated carbocycles. The molecule has 4 N–H and O–H groups in total. The molecule has 1 aliphatic carbocycles. The Morgan fingerprint density at radius 2 is 2.00 bits per heavy atom. The van der Waals surface area contributed by atoms with E-state index in [2.05, 4.69) is 10.2 Å². The van der Waals surface area contributed by atoms with Gasteiger partial charge in [0.2, 0.25) is 5.91 Å². The molecule has 8 heteroatoms. The maximum Gasteiger partial charge on any atom is 0.227 e. The molecule has 2 aromatic rings. The van der Waals surface area contributed by atoms with E-state index in [9.17, 15) is 13.6 Å². The number of amides is 1. The number of benzene rings is 1. The lowest BCUT2D eigenvalue weighted by molar-refractivity contribution is -0.119. The standard InChI is InChI=1S/C16H15ClF2N4O/c17-15-10(5-14(22-23-15)11(6-20)16(21)24)9-4-8(9)7-1-2-12(18)13(19)3-7/h1-3,5,8-9,11H,4,6,20H2,(H2,21,24)/t8-,9?,11?/m1/s1. The van der Waals surface area contributed by atoms with Gasteiger partial charge in [0, 0.05) is 6.54 Å². The van der Waals surface area contributed by atoms with E-state index < -0.39 is 23.5 Å². The minimum Gasteiger partial charge on any atom is -0.369 e. The monoisotopic (exact) mass is 352 g/mol. The van der Waals surface area contributed by atoms with E-state index in [0.717, 1.165) is 12.5 Å². The fourth-order valence-electron chi connectivity index (χ4n) is 2.87. The van der Waals surface area contributed by atoms with Crippen molar-refractivity contribution >= 4 is 17.5 Å². The number of carbonyl (C=O) groups is 1. The summed E-state index contributed by atoms with van der Waals surface area (Å²) in [4.78, 5) is 11.4. The first-order chi connectivity index (χ1) is 11.4. The van der Waals surface area contributed by atoms with E-state index in [1.165, 1.54) is 6.07 Å². The molecule has 1 aromatic carbocycles. The van der Waals surface area contributed by atoms with Crippen molar-refractivity contribution < 1.29 is 13.6 Å². The fraction of sp³-hybridized carbons (Fsp3) is 0.312. The maximum absolute atomic E-state index is 13.4. The van der Waals surface area contributed by atoms with Crippen molar-refractivity contribution in [1.82, 2.24) is 10.2 Å². The van der Waals surface area contributed by atoms with Gasteiger partial charge in [0.25, 0.3) is 0 Å². The van der Waals surface area contributed by atoms with Crippen molar-refractivity contribution in [1.29, 1.82) is 0 Å². The van der Waals surface area contributed by atoms with Crippen LogP contribution in [-0.4, -0.2) is 22.6 Å². The average molecular weight is 353 g/mol. The van der Waals surface area contributed by atoms with Gasteiger partial charge in [0.15, 0.2) is 16.8 Å². The Morgan fingerprint density at radius 3 is 2.62 bits per heavy atom. The van der Waals surface area contributed by atoms with Crippen LogP contribution in [0.15, 0.2) is 24.3 Å². The second-order valence-corrected chi connectivity index (χ2v) is 6.19. The van der Waals surface area contributed by atoms with Crippen LogP contribution in [0.2, 0.25) is 5.15 Å². The Morgan fingerprint density at radius 1 is 1.25 bits per heavy atom. The van der Waals surface area contributed by atoms with Crippen LogP contribution in [0, 0.1) is 11.6 Å². The van der Waals surface area contributed by atoms with Crippen molar-refractivity contribution in [2.24, 2.45) is 11.5 Å². The minimum absolute atomic E-state index is 0.00270. The van der Waals surface area contributed by atoms with E-state index in [1.807, 2.05) is 0 Å². The maximum atomic E-state index is 13.4. The van der Waals surface area contributed by atoms with Crippen LogP contribution in [0.4, 0.5) is 8.78 Å². The third-order valence-electron chi connectivity index (χ3n) is 4.29. The van der Waals surface area contributed by atoms with Gasteiger partial charge >= 0.3 is 0 Å². The largest absolute Gasteiger partial charge is 0.369 e. The summed E-state index contributed by atoms with van der Waals surface area (Å²) in [5, 5.41) is 7.98. The first-order valence-electron chi connectivity index (χ1n) is 7.39. The number of nitrogens with zero attached hydrogens (tertiary/aromatic N) is 2. The lowest BCUT2D eigenvalue weighted by Crippen LogP contribution is -2.29. The first-order valence-corrected chi connectivity index (χ1v) is 7.77. The molecule has 126 valence electrons. The van der Waals surface area contributed by atoms with Crippen LogP contribution in [-0.2, 0) is 4.79 Å². The molecule has 2 unspecified atom stereocenters. The van der Waals surface area contributed by atoms with Gasteiger partial charge in [0.05, 0.1) is 11.6 Å². The molecule has 0 saturated heterocycles. The number of rotatable bonds is 5. The summed E-state index contributed by atoms with van der Waals surface area (Å²) in [5.74, 6) is -3.08. The normalized spacial score (nSPS) is 20.7. The van der Waals surface area contributed by atoms with E-state index in [-0.39, 0.29) is 23.5 Å². The molecule has 3 rings (SSSR count). The number of halogens is 3. The van der Waals surface area contributed by atoms with Gasteiger partial charge in [-0.15, -0.1) is 5.10 Å². The second-order valence-electron chi connectivity index (χ2n) is 5.83. The quantitative estimate of drug-likeness (QED) is 0.862. The zero-order chi connectivity index (χ0) is 17.4. The van der Waals surface area contributed by atoms with Crippen LogP contribution >= 0.6 is 11.6 Å². The summed E-state index contributed by atoms with van der Waals surface area (Å²) < 4.78 is 26.4. The lowest BCUT2D eigenvalue weighted by Gasteiger charge is -2.11. The Hall–Kier alpha value is -2.12. The highest BCUT2D eigenvalue weighted by Crippen LogP contribution is 2.56. The minimum atomic E-state index is -0.880. The number of primary amides is 1.